The molecule has 0 N–H and O–H groups in total. The summed E-state index contributed by atoms with van der Waals surface area (Å²) in [6, 6.07) is 0. The molecule has 0 amide bonds. The second-order valence-corrected chi connectivity index (χ2v) is 5.01. The Morgan fingerprint density at radius 2 is 1.89 bits per heavy atom. The maximum absolute atomic E-state index is 5.62. The van der Waals surface area contributed by atoms with Crippen LogP contribution < -0.4 is 0 Å². The molecule has 0 bridgehead atoms. The minimum Gasteiger partial charge on any atom is -0.361 e. The first-order valence-corrected chi connectivity index (χ1v) is 4.25. The minimum absolute atomic E-state index is 0.0544. The van der Waals surface area contributed by atoms with Crippen LogP contribution in [0.4, 0.5) is 0 Å². The standard InChI is InChI=1S/C7H14OS/c1-5-6(2)9-7(3,4)8-5/h5-6H,1-4H3/t5-,6-/m1/s1. The second kappa shape index (κ2) is 2.17. The molecule has 1 rings (SSSR count). The van der Waals surface area contributed by atoms with Crippen molar-refractivity contribution in [3.05, 3.63) is 0 Å². The predicted octanol–water partition coefficient (Wildman–Crippen LogP) is 2.26. The molecular weight excluding hydrogens is 132 g/mol. The van der Waals surface area contributed by atoms with E-state index in [-0.39, 0.29) is 4.93 Å². The fourth-order valence-electron chi connectivity index (χ4n) is 1.11. The topological polar surface area (TPSA) is 9.23 Å². The molecule has 2 heteroatoms. The third kappa shape index (κ3) is 1.62. The fraction of sp³-hybridized carbons (Fsp3) is 1.00. The molecule has 1 saturated heterocycles. The van der Waals surface area contributed by atoms with Crippen LogP contribution in [0.1, 0.15) is 27.7 Å². The smallest absolute Gasteiger partial charge is 0.108 e. The molecule has 1 nitrogen and oxygen atoms in total. The average molecular weight is 146 g/mol. The van der Waals surface area contributed by atoms with Gasteiger partial charge in [0.15, 0.2) is 0 Å². The molecule has 0 unspecified atom stereocenters. The molecule has 1 fully saturated rings. The summed E-state index contributed by atoms with van der Waals surface area (Å²) in [4.78, 5) is 0.0544. The lowest BCUT2D eigenvalue weighted by molar-refractivity contribution is 0.0175. The Balaban J connectivity index is 2.54. The molecule has 1 aliphatic heterocycles. The molecule has 1 aliphatic rings. The van der Waals surface area contributed by atoms with Gasteiger partial charge in [0.2, 0.25) is 0 Å². The zero-order valence-electron chi connectivity index (χ0n) is 6.47. The summed E-state index contributed by atoms with van der Waals surface area (Å²) in [6.45, 7) is 8.59. The molecular formula is C7H14OS. The van der Waals surface area contributed by atoms with Crippen molar-refractivity contribution in [3.63, 3.8) is 0 Å². The summed E-state index contributed by atoms with van der Waals surface area (Å²) in [5, 5.41) is 0.653. The summed E-state index contributed by atoms with van der Waals surface area (Å²) < 4.78 is 5.62. The monoisotopic (exact) mass is 146 g/mol. The highest BCUT2D eigenvalue weighted by Crippen LogP contribution is 2.40. The first kappa shape index (κ1) is 7.42. The van der Waals surface area contributed by atoms with E-state index in [1.165, 1.54) is 0 Å². The van der Waals surface area contributed by atoms with E-state index < -0.39 is 0 Å². The molecule has 2 atom stereocenters. The van der Waals surface area contributed by atoms with Gasteiger partial charge >= 0.3 is 0 Å². The second-order valence-electron chi connectivity index (χ2n) is 3.05. The number of hydrogen-bond acceptors (Lipinski definition) is 2. The molecule has 0 aromatic heterocycles. The Bertz CT molecular complexity index is 99.5. The van der Waals surface area contributed by atoms with Crippen LogP contribution in [0.5, 0.6) is 0 Å². The molecule has 54 valence electrons. The van der Waals surface area contributed by atoms with Gasteiger partial charge in [-0.2, -0.15) is 0 Å². The Hall–Kier alpha value is 0.310. The van der Waals surface area contributed by atoms with Gasteiger partial charge in [0.05, 0.1) is 6.10 Å². The van der Waals surface area contributed by atoms with Gasteiger partial charge in [0.1, 0.15) is 4.93 Å². The lowest BCUT2D eigenvalue weighted by atomic mass is 10.3. The van der Waals surface area contributed by atoms with Gasteiger partial charge in [-0.25, -0.2) is 0 Å². The van der Waals surface area contributed by atoms with E-state index in [2.05, 4.69) is 27.7 Å². The Morgan fingerprint density at radius 3 is 2.00 bits per heavy atom. The van der Waals surface area contributed by atoms with Crippen molar-refractivity contribution in [1.29, 1.82) is 0 Å². The summed E-state index contributed by atoms with van der Waals surface area (Å²) in [6.07, 6.45) is 0.421. The van der Waals surface area contributed by atoms with Crippen molar-refractivity contribution in [1.82, 2.24) is 0 Å². The van der Waals surface area contributed by atoms with Crippen molar-refractivity contribution in [2.24, 2.45) is 0 Å². The lowest BCUT2D eigenvalue weighted by Crippen LogP contribution is -2.16. The summed E-state index contributed by atoms with van der Waals surface area (Å²) >= 11 is 1.91. The summed E-state index contributed by atoms with van der Waals surface area (Å²) in [5.74, 6) is 0. The zero-order valence-corrected chi connectivity index (χ0v) is 7.29. The van der Waals surface area contributed by atoms with Crippen molar-refractivity contribution < 1.29 is 4.74 Å². The van der Waals surface area contributed by atoms with Crippen LogP contribution >= 0.6 is 11.8 Å². The average Bonchev–Trinajstić information content (AvgIpc) is 1.79. The quantitative estimate of drug-likeness (QED) is 0.518. The van der Waals surface area contributed by atoms with Crippen LogP contribution in [-0.2, 0) is 4.74 Å². The maximum Gasteiger partial charge on any atom is 0.108 e. The van der Waals surface area contributed by atoms with E-state index in [0.717, 1.165) is 0 Å². The Kier molecular flexibility index (Phi) is 1.79. The van der Waals surface area contributed by atoms with Crippen LogP contribution in [0.2, 0.25) is 0 Å². The molecule has 1 heterocycles. The third-order valence-electron chi connectivity index (χ3n) is 1.60. The van der Waals surface area contributed by atoms with E-state index >= 15 is 0 Å². The number of thioether (sulfide) groups is 1. The van der Waals surface area contributed by atoms with Crippen molar-refractivity contribution in [2.45, 2.75) is 44.0 Å². The highest BCUT2D eigenvalue weighted by Gasteiger charge is 2.35. The van der Waals surface area contributed by atoms with E-state index in [4.69, 9.17) is 4.74 Å². The summed E-state index contributed by atoms with van der Waals surface area (Å²) in [7, 11) is 0. The highest BCUT2D eigenvalue weighted by atomic mass is 32.2. The predicted molar refractivity (Wildman–Crippen MR) is 41.7 cm³/mol. The van der Waals surface area contributed by atoms with Crippen molar-refractivity contribution >= 4 is 11.8 Å². The van der Waals surface area contributed by atoms with Crippen LogP contribution in [0.25, 0.3) is 0 Å². The van der Waals surface area contributed by atoms with E-state index in [1.54, 1.807) is 0 Å². The van der Waals surface area contributed by atoms with Crippen LogP contribution in [0, 0.1) is 0 Å². The molecule has 0 saturated carbocycles. The number of ether oxygens (including phenoxy) is 1. The first-order chi connectivity index (χ1) is 4.01. The van der Waals surface area contributed by atoms with Crippen LogP contribution in [0.3, 0.4) is 0 Å². The number of rotatable bonds is 0. The normalized spacial score (nSPS) is 41.3. The van der Waals surface area contributed by atoms with E-state index in [1.807, 2.05) is 11.8 Å². The van der Waals surface area contributed by atoms with Gasteiger partial charge in [0.25, 0.3) is 0 Å². The minimum atomic E-state index is 0.0544. The van der Waals surface area contributed by atoms with Gasteiger partial charge in [0, 0.05) is 5.25 Å². The molecule has 9 heavy (non-hydrogen) atoms. The van der Waals surface area contributed by atoms with Crippen molar-refractivity contribution in [2.75, 3.05) is 0 Å². The van der Waals surface area contributed by atoms with E-state index in [0.29, 0.717) is 11.4 Å². The highest BCUT2D eigenvalue weighted by molar-refractivity contribution is 8.01. The lowest BCUT2D eigenvalue weighted by Gasteiger charge is -2.15. The largest absolute Gasteiger partial charge is 0.361 e. The van der Waals surface area contributed by atoms with Gasteiger partial charge < -0.3 is 4.74 Å². The Morgan fingerprint density at radius 1 is 1.33 bits per heavy atom. The first-order valence-electron chi connectivity index (χ1n) is 3.37. The fourth-order valence-corrected chi connectivity index (χ4v) is 2.46. The molecule has 0 radical (unpaired) electrons. The van der Waals surface area contributed by atoms with Crippen LogP contribution in [-0.4, -0.2) is 16.3 Å². The number of hydrogen-bond donors (Lipinski definition) is 0. The molecule has 0 aromatic rings. The van der Waals surface area contributed by atoms with Crippen molar-refractivity contribution in [3.8, 4) is 0 Å². The SMILES string of the molecule is C[C@H]1OC(C)(C)S[C@@H]1C. The molecule has 0 aromatic carbocycles. The molecule has 0 aliphatic carbocycles. The van der Waals surface area contributed by atoms with Gasteiger partial charge in [-0.3, -0.25) is 0 Å². The molecule has 0 spiro atoms. The van der Waals surface area contributed by atoms with Gasteiger partial charge in [-0.05, 0) is 20.8 Å². The van der Waals surface area contributed by atoms with Crippen LogP contribution in [0.15, 0.2) is 0 Å². The third-order valence-corrected chi connectivity index (χ3v) is 3.02. The zero-order chi connectivity index (χ0) is 7.07. The Labute approximate surface area is 61.2 Å². The van der Waals surface area contributed by atoms with Gasteiger partial charge in [-0.1, -0.05) is 6.92 Å². The van der Waals surface area contributed by atoms with Gasteiger partial charge in [-0.15, -0.1) is 11.8 Å². The summed E-state index contributed by atoms with van der Waals surface area (Å²) in [5.41, 5.74) is 0. The maximum atomic E-state index is 5.62. The van der Waals surface area contributed by atoms with E-state index in [9.17, 15) is 0 Å².